The quantitative estimate of drug-likeness (QED) is 0.610. The molecule has 0 saturated heterocycles. The molecular weight excluding hydrogens is 196 g/mol. The van der Waals surface area contributed by atoms with E-state index in [0.717, 1.165) is 12.0 Å². The monoisotopic (exact) mass is 218 g/mol. The molecule has 0 heterocycles. The second kappa shape index (κ2) is 3.87. The molecule has 1 saturated carbocycles. The van der Waals surface area contributed by atoms with Crippen LogP contribution in [0.4, 0.5) is 0 Å². The first kappa shape index (κ1) is 11.6. The molecule has 0 aromatic heterocycles. The van der Waals surface area contributed by atoms with Gasteiger partial charge in [-0.2, -0.15) is 0 Å². The van der Waals surface area contributed by atoms with E-state index in [1.807, 2.05) is 6.92 Å². The highest BCUT2D eigenvalue weighted by Crippen LogP contribution is 2.53. The number of hydrogen-bond donors (Lipinski definition) is 0. The largest absolute Gasteiger partial charge is 0.295 e. The van der Waals surface area contributed by atoms with Gasteiger partial charge in [0.2, 0.25) is 0 Å². The zero-order chi connectivity index (χ0) is 11.9. The third-order valence-corrected chi connectivity index (χ3v) is 4.70. The van der Waals surface area contributed by atoms with Crippen molar-refractivity contribution in [2.45, 2.75) is 46.5 Å². The third kappa shape index (κ3) is 1.77. The number of carbonyl (C=O) groups is 1. The maximum atomic E-state index is 11.7. The van der Waals surface area contributed by atoms with Crippen LogP contribution in [0.5, 0.6) is 0 Å². The van der Waals surface area contributed by atoms with Crippen molar-refractivity contribution in [3.63, 3.8) is 0 Å². The van der Waals surface area contributed by atoms with Crippen molar-refractivity contribution >= 4 is 5.78 Å². The smallest absolute Gasteiger partial charge is 0.158 e. The second-order valence-corrected chi connectivity index (χ2v) is 5.87. The first-order valence-electron chi connectivity index (χ1n) is 6.33. The van der Waals surface area contributed by atoms with Gasteiger partial charge in [0.1, 0.15) is 0 Å². The first-order valence-corrected chi connectivity index (χ1v) is 6.33. The zero-order valence-corrected chi connectivity index (χ0v) is 10.7. The van der Waals surface area contributed by atoms with Gasteiger partial charge in [0.05, 0.1) is 0 Å². The van der Waals surface area contributed by atoms with Gasteiger partial charge < -0.3 is 0 Å². The Bertz CT molecular complexity index is 364. The fourth-order valence-electron chi connectivity index (χ4n) is 3.40. The summed E-state index contributed by atoms with van der Waals surface area (Å²) in [6.45, 7) is 10.4. The summed E-state index contributed by atoms with van der Waals surface area (Å²) in [5.74, 6) is 1.52. The molecule has 1 spiro atoms. The summed E-state index contributed by atoms with van der Waals surface area (Å²) in [7, 11) is 0. The molecule has 3 atom stereocenters. The maximum Gasteiger partial charge on any atom is 0.158 e. The van der Waals surface area contributed by atoms with Crippen LogP contribution in [0.3, 0.4) is 0 Å². The minimum atomic E-state index is 0.293. The van der Waals surface area contributed by atoms with Gasteiger partial charge in [-0.05, 0) is 55.9 Å². The average molecular weight is 218 g/mol. The molecule has 1 fully saturated rings. The molecule has 0 aromatic carbocycles. The van der Waals surface area contributed by atoms with Crippen LogP contribution in [0.15, 0.2) is 23.8 Å². The Hall–Kier alpha value is -0.850. The van der Waals surface area contributed by atoms with Gasteiger partial charge in [-0.3, -0.25) is 4.79 Å². The van der Waals surface area contributed by atoms with E-state index in [2.05, 4.69) is 26.5 Å². The summed E-state index contributed by atoms with van der Waals surface area (Å²) < 4.78 is 0. The Balaban J connectivity index is 2.26. The molecule has 1 nitrogen and oxygen atoms in total. The molecule has 0 N–H and O–H groups in total. The molecule has 0 aliphatic heterocycles. The van der Waals surface area contributed by atoms with E-state index in [1.54, 1.807) is 0 Å². The van der Waals surface area contributed by atoms with Crippen molar-refractivity contribution in [1.29, 1.82) is 0 Å². The van der Waals surface area contributed by atoms with Crippen molar-refractivity contribution in [3.05, 3.63) is 23.8 Å². The van der Waals surface area contributed by atoms with Gasteiger partial charge in [0.15, 0.2) is 5.78 Å². The van der Waals surface area contributed by atoms with Crippen LogP contribution >= 0.6 is 0 Å². The molecule has 0 radical (unpaired) electrons. The summed E-state index contributed by atoms with van der Waals surface area (Å²) in [6, 6.07) is 0. The summed E-state index contributed by atoms with van der Waals surface area (Å²) in [6.07, 6.45) is 6.69. The van der Waals surface area contributed by atoms with Gasteiger partial charge >= 0.3 is 0 Å². The number of hydrogen-bond acceptors (Lipinski definition) is 1. The summed E-state index contributed by atoms with van der Waals surface area (Å²) in [5, 5.41) is 0. The lowest BCUT2D eigenvalue weighted by Gasteiger charge is -2.37. The summed E-state index contributed by atoms with van der Waals surface area (Å²) >= 11 is 0. The zero-order valence-electron chi connectivity index (χ0n) is 10.7. The molecular formula is C15H22O. The van der Waals surface area contributed by atoms with E-state index in [1.165, 1.54) is 24.8 Å². The Kier molecular flexibility index (Phi) is 2.81. The topological polar surface area (TPSA) is 17.1 Å². The molecule has 2 rings (SSSR count). The number of carbonyl (C=O) groups excluding carboxylic acids is 1. The average Bonchev–Trinajstić information content (AvgIpc) is 2.61. The molecule has 0 bridgehead atoms. The number of ketones is 1. The summed E-state index contributed by atoms with van der Waals surface area (Å²) in [4.78, 5) is 11.7. The van der Waals surface area contributed by atoms with E-state index < -0.39 is 0 Å². The number of rotatable bonds is 1. The SMILES string of the molecule is C=C(C)[C@@H]1CC[C@@]2(C=C(C)C(=O)C[C@H]2C)C1. The number of allylic oxidation sites excluding steroid dienone is 3. The normalized spacial score (nSPS) is 38.9. The fourth-order valence-corrected chi connectivity index (χ4v) is 3.40. The van der Waals surface area contributed by atoms with E-state index in [4.69, 9.17) is 0 Å². The van der Waals surface area contributed by atoms with E-state index >= 15 is 0 Å². The minimum absolute atomic E-state index is 0.293. The van der Waals surface area contributed by atoms with Crippen molar-refractivity contribution < 1.29 is 4.79 Å². The van der Waals surface area contributed by atoms with Crippen LogP contribution in [0, 0.1) is 17.3 Å². The van der Waals surface area contributed by atoms with Crippen molar-refractivity contribution in [2.75, 3.05) is 0 Å². The van der Waals surface area contributed by atoms with Gasteiger partial charge in [-0.1, -0.05) is 25.2 Å². The predicted octanol–water partition coefficient (Wildman–Crippen LogP) is 3.90. The van der Waals surface area contributed by atoms with Crippen molar-refractivity contribution in [3.8, 4) is 0 Å². The molecule has 0 amide bonds. The molecule has 16 heavy (non-hydrogen) atoms. The van der Waals surface area contributed by atoms with Crippen molar-refractivity contribution in [2.24, 2.45) is 17.3 Å². The molecule has 2 aliphatic rings. The highest BCUT2D eigenvalue weighted by molar-refractivity contribution is 5.96. The van der Waals surface area contributed by atoms with E-state index in [0.29, 0.717) is 23.0 Å². The molecule has 0 unspecified atom stereocenters. The van der Waals surface area contributed by atoms with Gasteiger partial charge in [-0.15, -0.1) is 0 Å². The number of Topliss-reactive ketones (excluding diaryl/α,β-unsaturated/α-hetero) is 1. The predicted molar refractivity (Wildman–Crippen MR) is 67.1 cm³/mol. The van der Waals surface area contributed by atoms with Crippen LogP contribution in [0.2, 0.25) is 0 Å². The Labute approximate surface area is 98.6 Å². The van der Waals surface area contributed by atoms with Gasteiger partial charge in [0.25, 0.3) is 0 Å². The van der Waals surface area contributed by atoms with E-state index in [-0.39, 0.29) is 0 Å². The highest BCUT2D eigenvalue weighted by Gasteiger charge is 2.44. The Morgan fingerprint density at radius 2 is 2.25 bits per heavy atom. The van der Waals surface area contributed by atoms with Crippen LogP contribution in [0.25, 0.3) is 0 Å². The third-order valence-electron chi connectivity index (χ3n) is 4.70. The standard InChI is InChI=1S/C15H22O/c1-10(2)13-5-6-15(9-13)8-11(3)14(16)7-12(15)4/h8,12-13H,1,5-7,9H2,2-4H3/t12-,13-,15-/m1/s1. The van der Waals surface area contributed by atoms with Gasteiger partial charge in [-0.25, -0.2) is 0 Å². The Morgan fingerprint density at radius 1 is 1.56 bits per heavy atom. The lowest BCUT2D eigenvalue weighted by molar-refractivity contribution is -0.117. The van der Waals surface area contributed by atoms with Gasteiger partial charge in [0, 0.05) is 6.42 Å². The Morgan fingerprint density at radius 3 is 2.81 bits per heavy atom. The molecule has 88 valence electrons. The van der Waals surface area contributed by atoms with Crippen LogP contribution < -0.4 is 0 Å². The second-order valence-electron chi connectivity index (χ2n) is 5.87. The van der Waals surface area contributed by atoms with Crippen LogP contribution in [-0.2, 0) is 4.79 Å². The molecule has 2 aliphatic carbocycles. The first-order chi connectivity index (χ1) is 7.44. The maximum absolute atomic E-state index is 11.7. The lowest BCUT2D eigenvalue weighted by Crippen LogP contribution is -2.31. The lowest BCUT2D eigenvalue weighted by atomic mass is 9.67. The summed E-state index contributed by atoms with van der Waals surface area (Å²) in [5.41, 5.74) is 2.59. The van der Waals surface area contributed by atoms with Crippen LogP contribution in [0.1, 0.15) is 46.5 Å². The fraction of sp³-hybridized carbons (Fsp3) is 0.667. The minimum Gasteiger partial charge on any atom is -0.295 e. The van der Waals surface area contributed by atoms with Crippen LogP contribution in [-0.4, -0.2) is 5.78 Å². The van der Waals surface area contributed by atoms with E-state index in [9.17, 15) is 4.79 Å². The molecule has 0 aromatic rings. The molecule has 1 heteroatoms. The highest BCUT2D eigenvalue weighted by atomic mass is 16.1. The van der Waals surface area contributed by atoms with Crippen molar-refractivity contribution in [1.82, 2.24) is 0 Å².